The molecule has 0 aliphatic carbocycles. The highest BCUT2D eigenvalue weighted by atomic mass is 32.2. The van der Waals surface area contributed by atoms with Crippen LogP contribution in [0.15, 0.2) is 10.5 Å². The van der Waals surface area contributed by atoms with Crippen molar-refractivity contribution in [1.29, 1.82) is 0 Å². The molecule has 1 N–H and O–H groups in total. The smallest absolute Gasteiger partial charge is 0.236 e. The van der Waals surface area contributed by atoms with Crippen molar-refractivity contribution < 1.29 is 4.79 Å². The summed E-state index contributed by atoms with van der Waals surface area (Å²) >= 11 is 4.48. The van der Waals surface area contributed by atoms with E-state index in [1.807, 2.05) is 0 Å². The number of rotatable bonds is 3. The molecule has 1 aliphatic rings. The summed E-state index contributed by atoms with van der Waals surface area (Å²) in [6, 6.07) is 0. The minimum Gasteiger partial charge on any atom is -0.300 e. The van der Waals surface area contributed by atoms with Crippen LogP contribution in [-0.4, -0.2) is 38.5 Å². The lowest BCUT2D eigenvalue weighted by Gasteiger charge is -1.99. The number of hydrogen-bond donors (Lipinski definition) is 1. The normalized spacial score (nSPS) is 15.1. The lowest BCUT2D eigenvalue weighted by Crippen LogP contribution is -2.14. The second-order valence-corrected chi connectivity index (χ2v) is 5.72. The summed E-state index contributed by atoms with van der Waals surface area (Å²) in [6.45, 7) is 0.866. The van der Waals surface area contributed by atoms with Gasteiger partial charge in [-0.1, -0.05) is 34.9 Å². The van der Waals surface area contributed by atoms with Crippen LogP contribution in [0, 0.1) is 0 Å². The van der Waals surface area contributed by atoms with Crippen molar-refractivity contribution in [2.45, 2.75) is 0 Å². The summed E-state index contributed by atoms with van der Waals surface area (Å²) in [7, 11) is 0. The predicted octanol–water partition coefficient (Wildman–Crippen LogP) is 1.31. The van der Waals surface area contributed by atoms with Gasteiger partial charge in [0.2, 0.25) is 11.0 Å². The van der Waals surface area contributed by atoms with Gasteiger partial charge in [0, 0.05) is 5.75 Å². The molecule has 15 heavy (non-hydrogen) atoms. The SMILES string of the molecule is O=C(CSC1=NCCS1)Nc1nncs1. The van der Waals surface area contributed by atoms with Gasteiger partial charge in [-0.2, -0.15) is 0 Å². The van der Waals surface area contributed by atoms with E-state index in [4.69, 9.17) is 0 Å². The minimum atomic E-state index is -0.0630. The fraction of sp³-hybridized carbons (Fsp3) is 0.429. The van der Waals surface area contributed by atoms with Crippen molar-refractivity contribution in [3.63, 3.8) is 0 Å². The standard InChI is InChI=1S/C7H8N4OS3/c12-5(10-6-11-9-4-15-6)3-14-7-8-1-2-13-7/h4H,1-3H2,(H,10,11,12). The Balaban J connectivity index is 1.73. The Bertz CT molecular complexity index is 364. The van der Waals surface area contributed by atoms with E-state index in [0.29, 0.717) is 10.9 Å². The van der Waals surface area contributed by atoms with Gasteiger partial charge in [0.1, 0.15) is 9.89 Å². The topological polar surface area (TPSA) is 67.2 Å². The molecule has 80 valence electrons. The Morgan fingerprint density at radius 2 is 2.60 bits per heavy atom. The number of anilines is 1. The van der Waals surface area contributed by atoms with Gasteiger partial charge in [-0.3, -0.25) is 15.1 Å². The highest BCUT2D eigenvalue weighted by Crippen LogP contribution is 2.22. The fourth-order valence-corrected chi connectivity index (χ4v) is 3.18. The molecule has 0 bridgehead atoms. The van der Waals surface area contributed by atoms with Crippen LogP contribution in [0.5, 0.6) is 0 Å². The molecule has 1 amide bonds. The van der Waals surface area contributed by atoms with Gasteiger partial charge >= 0.3 is 0 Å². The van der Waals surface area contributed by atoms with E-state index in [9.17, 15) is 4.79 Å². The molecule has 5 nitrogen and oxygen atoms in total. The zero-order chi connectivity index (χ0) is 10.5. The zero-order valence-electron chi connectivity index (χ0n) is 7.67. The molecule has 0 fully saturated rings. The molecule has 0 saturated heterocycles. The van der Waals surface area contributed by atoms with E-state index in [1.54, 1.807) is 17.3 Å². The number of carbonyl (C=O) groups is 1. The third-order valence-electron chi connectivity index (χ3n) is 1.49. The fourth-order valence-electron chi connectivity index (χ4n) is 0.913. The average molecular weight is 260 g/mol. The van der Waals surface area contributed by atoms with Crippen LogP contribution in [0.25, 0.3) is 0 Å². The average Bonchev–Trinajstić information content (AvgIpc) is 2.86. The quantitative estimate of drug-likeness (QED) is 0.887. The van der Waals surface area contributed by atoms with Gasteiger partial charge in [-0.05, 0) is 0 Å². The van der Waals surface area contributed by atoms with Crippen LogP contribution in [0.1, 0.15) is 0 Å². The monoisotopic (exact) mass is 260 g/mol. The van der Waals surface area contributed by atoms with Crippen molar-refractivity contribution in [3.8, 4) is 0 Å². The van der Waals surface area contributed by atoms with Gasteiger partial charge in [-0.15, -0.1) is 10.2 Å². The van der Waals surface area contributed by atoms with Crippen LogP contribution in [0.2, 0.25) is 0 Å². The third kappa shape index (κ3) is 3.47. The molecule has 1 aromatic heterocycles. The molecule has 1 aromatic rings. The maximum Gasteiger partial charge on any atom is 0.236 e. The molecular weight excluding hydrogens is 252 g/mol. The second-order valence-electron chi connectivity index (χ2n) is 2.58. The lowest BCUT2D eigenvalue weighted by atomic mass is 10.7. The highest BCUT2D eigenvalue weighted by molar-refractivity contribution is 8.39. The van der Waals surface area contributed by atoms with Gasteiger partial charge < -0.3 is 0 Å². The molecule has 0 spiro atoms. The molecule has 0 aromatic carbocycles. The Labute approximate surface area is 99.2 Å². The first-order chi connectivity index (χ1) is 7.34. The number of hydrogen-bond acceptors (Lipinski definition) is 7. The zero-order valence-corrected chi connectivity index (χ0v) is 10.1. The van der Waals surface area contributed by atoms with E-state index < -0.39 is 0 Å². The molecular formula is C7H8N4OS3. The molecule has 8 heteroatoms. The first-order valence-electron chi connectivity index (χ1n) is 4.20. The molecule has 0 radical (unpaired) electrons. The van der Waals surface area contributed by atoms with Crippen LogP contribution < -0.4 is 5.32 Å². The largest absolute Gasteiger partial charge is 0.300 e. The number of thioether (sulfide) groups is 2. The molecule has 2 rings (SSSR count). The number of aromatic nitrogens is 2. The summed E-state index contributed by atoms with van der Waals surface area (Å²) in [6.07, 6.45) is 0. The number of amides is 1. The van der Waals surface area contributed by atoms with E-state index in [-0.39, 0.29) is 5.91 Å². The molecule has 2 heterocycles. The van der Waals surface area contributed by atoms with Gasteiger partial charge in [0.25, 0.3) is 0 Å². The lowest BCUT2D eigenvalue weighted by molar-refractivity contribution is -0.113. The van der Waals surface area contributed by atoms with Crippen molar-refractivity contribution in [1.82, 2.24) is 10.2 Å². The van der Waals surface area contributed by atoms with Gasteiger partial charge in [-0.25, -0.2) is 0 Å². The maximum absolute atomic E-state index is 11.4. The molecule has 0 atom stereocenters. The van der Waals surface area contributed by atoms with E-state index in [0.717, 1.165) is 16.7 Å². The number of aliphatic imine (C=N–C) groups is 1. The van der Waals surface area contributed by atoms with E-state index >= 15 is 0 Å². The van der Waals surface area contributed by atoms with Crippen LogP contribution in [0.4, 0.5) is 5.13 Å². The Kier molecular flexibility index (Phi) is 3.98. The minimum absolute atomic E-state index is 0.0630. The summed E-state index contributed by atoms with van der Waals surface area (Å²) in [5.74, 6) is 1.35. The summed E-state index contributed by atoms with van der Waals surface area (Å²) in [4.78, 5) is 15.7. The first-order valence-corrected chi connectivity index (χ1v) is 7.06. The number of nitrogens with zero attached hydrogens (tertiary/aromatic N) is 3. The summed E-state index contributed by atoms with van der Waals surface area (Å²) < 4.78 is 1.00. The molecule has 0 saturated carbocycles. The van der Waals surface area contributed by atoms with Crippen molar-refractivity contribution in [2.75, 3.05) is 23.4 Å². The van der Waals surface area contributed by atoms with Crippen LogP contribution >= 0.6 is 34.9 Å². The third-order valence-corrected chi connectivity index (χ3v) is 4.35. The Hall–Kier alpha value is -0.600. The maximum atomic E-state index is 11.4. The number of carbonyl (C=O) groups excluding carboxylic acids is 1. The van der Waals surface area contributed by atoms with Crippen molar-refractivity contribution >= 4 is 50.3 Å². The second kappa shape index (κ2) is 5.47. The molecule has 0 unspecified atom stereocenters. The predicted molar refractivity (Wildman–Crippen MR) is 65.8 cm³/mol. The van der Waals surface area contributed by atoms with E-state index in [2.05, 4.69) is 20.5 Å². The van der Waals surface area contributed by atoms with Crippen LogP contribution in [-0.2, 0) is 4.79 Å². The Morgan fingerprint density at radius 3 is 3.27 bits per heavy atom. The van der Waals surface area contributed by atoms with Gasteiger partial charge in [0.05, 0.1) is 12.3 Å². The Morgan fingerprint density at radius 1 is 1.67 bits per heavy atom. The van der Waals surface area contributed by atoms with E-state index in [1.165, 1.54) is 23.1 Å². The van der Waals surface area contributed by atoms with Crippen molar-refractivity contribution in [2.24, 2.45) is 4.99 Å². The van der Waals surface area contributed by atoms with Crippen molar-refractivity contribution in [3.05, 3.63) is 5.51 Å². The van der Waals surface area contributed by atoms with Gasteiger partial charge in [0.15, 0.2) is 0 Å². The summed E-state index contributed by atoms with van der Waals surface area (Å²) in [5, 5.41) is 10.6. The first kappa shape index (κ1) is 10.9. The summed E-state index contributed by atoms with van der Waals surface area (Å²) in [5.41, 5.74) is 1.58. The highest BCUT2D eigenvalue weighted by Gasteiger charge is 2.11. The molecule has 1 aliphatic heterocycles. The number of nitrogens with one attached hydrogen (secondary N) is 1. The van der Waals surface area contributed by atoms with Crippen LogP contribution in [0.3, 0.4) is 0 Å².